The van der Waals surface area contributed by atoms with Gasteiger partial charge in [0.15, 0.2) is 0 Å². The van der Waals surface area contributed by atoms with Crippen LogP contribution in [0.3, 0.4) is 0 Å². The van der Waals surface area contributed by atoms with E-state index < -0.39 is 5.97 Å². The van der Waals surface area contributed by atoms with E-state index in [1.54, 1.807) is 0 Å². The molecular formula is C7H11NO2. The van der Waals surface area contributed by atoms with E-state index in [4.69, 9.17) is 5.11 Å². The lowest BCUT2D eigenvalue weighted by Gasteiger charge is -2.37. The van der Waals surface area contributed by atoms with E-state index in [0.717, 1.165) is 13.0 Å². The monoisotopic (exact) mass is 141 g/mol. The molecule has 1 N–H and O–H groups in total. The summed E-state index contributed by atoms with van der Waals surface area (Å²) >= 11 is 0. The molecule has 2 aliphatic rings. The summed E-state index contributed by atoms with van der Waals surface area (Å²) in [5.74, 6) is -0.641. The summed E-state index contributed by atoms with van der Waals surface area (Å²) in [4.78, 5) is 12.6. The number of carbonyl (C=O) groups is 1. The van der Waals surface area contributed by atoms with Gasteiger partial charge in [0.25, 0.3) is 0 Å². The van der Waals surface area contributed by atoms with Crippen LogP contribution in [-0.2, 0) is 4.79 Å². The maximum absolute atomic E-state index is 10.5. The lowest BCUT2D eigenvalue weighted by molar-refractivity contribution is -0.148. The molecule has 0 aromatic carbocycles. The van der Waals surface area contributed by atoms with Gasteiger partial charge in [0.1, 0.15) is 6.04 Å². The second kappa shape index (κ2) is 1.95. The number of hydrogen-bond acceptors (Lipinski definition) is 2. The molecule has 0 spiro atoms. The molecule has 0 unspecified atom stereocenters. The van der Waals surface area contributed by atoms with Crippen LogP contribution in [0.4, 0.5) is 0 Å². The van der Waals surface area contributed by atoms with Crippen molar-refractivity contribution in [3.8, 4) is 0 Å². The first-order valence-corrected chi connectivity index (χ1v) is 3.77. The fourth-order valence-electron chi connectivity index (χ4n) is 1.52. The number of carboxylic acid groups (broad SMARTS) is 1. The first-order valence-electron chi connectivity index (χ1n) is 3.77. The summed E-state index contributed by atoms with van der Waals surface area (Å²) in [6.45, 7) is 1.00. The highest BCUT2D eigenvalue weighted by Crippen LogP contribution is 2.34. The summed E-state index contributed by atoms with van der Waals surface area (Å²) in [5.41, 5.74) is 0. The fraction of sp³-hybridized carbons (Fsp3) is 0.857. The molecule has 1 atom stereocenters. The summed E-state index contributed by atoms with van der Waals surface area (Å²) in [7, 11) is 0. The van der Waals surface area contributed by atoms with E-state index >= 15 is 0 Å². The third kappa shape index (κ3) is 0.814. The van der Waals surface area contributed by atoms with Gasteiger partial charge in [-0.25, -0.2) is 0 Å². The molecule has 0 aromatic rings. The largest absolute Gasteiger partial charge is 0.480 e. The van der Waals surface area contributed by atoms with Gasteiger partial charge in [-0.1, -0.05) is 0 Å². The van der Waals surface area contributed by atoms with E-state index in [1.807, 2.05) is 0 Å². The molecule has 1 aliphatic heterocycles. The molecule has 2 rings (SSSR count). The highest BCUT2D eigenvalue weighted by molar-refractivity contribution is 5.74. The van der Waals surface area contributed by atoms with E-state index in [0.29, 0.717) is 6.04 Å². The number of aliphatic carboxylic acids is 1. The van der Waals surface area contributed by atoms with Crippen LogP contribution in [0.25, 0.3) is 0 Å². The average Bonchev–Trinajstić information content (AvgIpc) is 2.43. The molecule has 1 saturated heterocycles. The molecule has 3 nitrogen and oxygen atoms in total. The molecular weight excluding hydrogens is 130 g/mol. The van der Waals surface area contributed by atoms with Crippen molar-refractivity contribution in [2.45, 2.75) is 31.3 Å². The minimum atomic E-state index is -0.641. The quantitative estimate of drug-likeness (QED) is 0.601. The summed E-state index contributed by atoms with van der Waals surface area (Å²) in [6.07, 6.45) is 3.28. The average molecular weight is 141 g/mol. The predicted molar refractivity (Wildman–Crippen MR) is 35.8 cm³/mol. The molecule has 0 bridgehead atoms. The van der Waals surface area contributed by atoms with Crippen molar-refractivity contribution in [3.63, 3.8) is 0 Å². The Hall–Kier alpha value is -0.570. The van der Waals surface area contributed by atoms with Gasteiger partial charge in [-0.3, -0.25) is 9.69 Å². The number of hydrogen-bond donors (Lipinski definition) is 1. The van der Waals surface area contributed by atoms with Crippen molar-refractivity contribution in [2.75, 3.05) is 6.54 Å². The standard InChI is InChI=1S/C7H11NO2/c9-7(10)6-3-4-8(6)5-1-2-5/h5-6H,1-4H2,(H,9,10)/t6-/m0/s1. The molecule has 2 fully saturated rings. The maximum Gasteiger partial charge on any atom is 0.320 e. The Labute approximate surface area is 59.6 Å². The first kappa shape index (κ1) is 6.16. The van der Waals surface area contributed by atoms with E-state index in [9.17, 15) is 4.79 Å². The van der Waals surface area contributed by atoms with Crippen LogP contribution in [-0.4, -0.2) is 34.6 Å². The second-order valence-electron chi connectivity index (χ2n) is 3.11. The van der Waals surface area contributed by atoms with E-state index in [1.165, 1.54) is 12.8 Å². The molecule has 1 saturated carbocycles. The minimum absolute atomic E-state index is 0.146. The summed E-state index contributed by atoms with van der Waals surface area (Å²) in [5, 5.41) is 8.64. The van der Waals surface area contributed by atoms with Gasteiger partial charge in [0.2, 0.25) is 0 Å². The van der Waals surface area contributed by atoms with Crippen LogP contribution in [0.1, 0.15) is 19.3 Å². The van der Waals surface area contributed by atoms with Crippen LogP contribution in [0.5, 0.6) is 0 Å². The van der Waals surface area contributed by atoms with Gasteiger partial charge in [-0.2, -0.15) is 0 Å². The van der Waals surface area contributed by atoms with Crippen molar-refractivity contribution < 1.29 is 9.90 Å². The zero-order valence-electron chi connectivity index (χ0n) is 5.79. The van der Waals surface area contributed by atoms with Crippen molar-refractivity contribution in [2.24, 2.45) is 0 Å². The Balaban J connectivity index is 1.92. The van der Waals surface area contributed by atoms with Crippen molar-refractivity contribution in [3.05, 3.63) is 0 Å². The van der Waals surface area contributed by atoms with Crippen LogP contribution >= 0.6 is 0 Å². The number of likely N-dealkylation sites (tertiary alicyclic amines) is 1. The van der Waals surface area contributed by atoms with Gasteiger partial charge >= 0.3 is 5.97 Å². The van der Waals surface area contributed by atoms with Gasteiger partial charge in [0, 0.05) is 12.6 Å². The van der Waals surface area contributed by atoms with Crippen molar-refractivity contribution >= 4 is 5.97 Å². The predicted octanol–water partition coefficient (Wildman–Crippen LogP) is 0.308. The molecule has 56 valence electrons. The molecule has 10 heavy (non-hydrogen) atoms. The smallest absolute Gasteiger partial charge is 0.320 e. The van der Waals surface area contributed by atoms with E-state index in [2.05, 4.69) is 4.90 Å². The van der Waals surface area contributed by atoms with Crippen LogP contribution in [0.15, 0.2) is 0 Å². The Morgan fingerprint density at radius 3 is 2.40 bits per heavy atom. The van der Waals surface area contributed by atoms with Gasteiger partial charge in [0.05, 0.1) is 0 Å². The number of rotatable bonds is 2. The highest BCUT2D eigenvalue weighted by Gasteiger charge is 2.42. The molecule has 0 aromatic heterocycles. The van der Waals surface area contributed by atoms with Gasteiger partial charge < -0.3 is 5.11 Å². The zero-order valence-corrected chi connectivity index (χ0v) is 5.79. The van der Waals surface area contributed by atoms with Gasteiger partial charge in [-0.05, 0) is 19.3 Å². The zero-order chi connectivity index (χ0) is 7.14. The SMILES string of the molecule is O=C(O)[C@@H]1CCN1C1CC1. The maximum atomic E-state index is 10.5. The van der Waals surface area contributed by atoms with Crippen molar-refractivity contribution in [1.29, 1.82) is 0 Å². The van der Waals surface area contributed by atoms with Crippen molar-refractivity contribution in [1.82, 2.24) is 4.90 Å². The summed E-state index contributed by atoms with van der Waals surface area (Å²) in [6, 6.07) is 0.474. The fourth-order valence-corrected chi connectivity index (χ4v) is 1.52. The van der Waals surface area contributed by atoms with E-state index in [-0.39, 0.29) is 6.04 Å². The highest BCUT2D eigenvalue weighted by atomic mass is 16.4. The van der Waals surface area contributed by atoms with Crippen LogP contribution < -0.4 is 0 Å². The summed E-state index contributed by atoms with van der Waals surface area (Å²) < 4.78 is 0. The second-order valence-corrected chi connectivity index (χ2v) is 3.11. The molecule has 1 heterocycles. The normalized spacial score (nSPS) is 33.4. The number of nitrogens with zero attached hydrogens (tertiary/aromatic N) is 1. The third-order valence-corrected chi connectivity index (χ3v) is 2.36. The lowest BCUT2D eigenvalue weighted by Crippen LogP contribution is -2.53. The lowest BCUT2D eigenvalue weighted by atomic mass is 10.0. The number of carboxylic acids is 1. The Bertz CT molecular complexity index is 165. The van der Waals surface area contributed by atoms with Crippen LogP contribution in [0, 0.1) is 0 Å². The molecule has 0 radical (unpaired) electrons. The Kier molecular flexibility index (Phi) is 1.20. The molecule has 0 amide bonds. The topological polar surface area (TPSA) is 40.5 Å². The van der Waals surface area contributed by atoms with Gasteiger partial charge in [-0.15, -0.1) is 0 Å². The first-order chi connectivity index (χ1) is 4.79. The Morgan fingerprint density at radius 2 is 2.10 bits per heavy atom. The molecule has 1 aliphatic carbocycles. The molecule has 3 heteroatoms. The third-order valence-electron chi connectivity index (χ3n) is 2.36. The Morgan fingerprint density at radius 1 is 1.40 bits per heavy atom. The minimum Gasteiger partial charge on any atom is -0.480 e. The van der Waals surface area contributed by atoms with Crippen LogP contribution in [0.2, 0.25) is 0 Å².